The van der Waals surface area contributed by atoms with E-state index < -0.39 is 0 Å². The van der Waals surface area contributed by atoms with E-state index in [0.717, 1.165) is 11.1 Å². The van der Waals surface area contributed by atoms with Crippen molar-refractivity contribution in [3.05, 3.63) is 69.7 Å². The molecule has 0 heterocycles. The topological polar surface area (TPSA) is 17.1 Å². The predicted molar refractivity (Wildman–Crippen MR) is 91.2 cm³/mol. The highest BCUT2D eigenvalue weighted by molar-refractivity contribution is 9.10. The van der Waals surface area contributed by atoms with Crippen molar-refractivity contribution >= 4 is 60.8 Å². The maximum Gasteiger partial charge on any atom is 0.168 e. The minimum absolute atomic E-state index is 0.0228. The van der Waals surface area contributed by atoms with Crippen LogP contribution in [0, 0.1) is 0 Å². The lowest BCUT2D eigenvalue weighted by atomic mass is 10.0. The minimum atomic E-state index is -0.389. The lowest BCUT2D eigenvalue weighted by molar-refractivity contribution is -0.118. The molecule has 0 aliphatic carbocycles. The van der Waals surface area contributed by atoms with Gasteiger partial charge in [0.15, 0.2) is 5.78 Å². The SMILES string of the molecule is O=C(C(Br)c1ccc(Cl)cc1)C(Br)c1ccc(Cl)cc1. The summed E-state index contributed by atoms with van der Waals surface area (Å²) in [7, 11) is 0. The molecule has 2 rings (SSSR count). The van der Waals surface area contributed by atoms with Crippen molar-refractivity contribution in [2.75, 3.05) is 0 Å². The third kappa shape index (κ3) is 3.85. The van der Waals surface area contributed by atoms with Crippen molar-refractivity contribution in [3.63, 3.8) is 0 Å². The van der Waals surface area contributed by atoms with Crippen LogP contribution in [0.25, 0.3) is 0 Å². The quantitative estimate of drug-likeness (QED) is 0.526. The van der Waals surface area contributed by atoms with E-state index in [1.54, 1.807) is 24.3 Å². The lowest BCUT2D eigenvalue weighted by Crippen LogP contribution is -2.12. The molecule has 0 spiro atoms. The third-order valence-corrected chi connectivity index (χ3v) is 5.29. The van der Waals surface area contributed by atoms with E-state index in [-0.39, 0.29) is 15.4 Å². The Morgan fingerprint density at radius 2 is 1.05 bits per heavy atom. The van der Waals surface area contributed by atoms with E-state index in [1.807, 2.05) is 24.3 Å². The van der Waals surface area contributed by atoms with Crippen molar-refractivity contribution in [1.29, 1.82) is 0 Å². The van der Waals surface area contributed by atoms with Gasteiger partial charge in [0.2, 0.25) is 0 Å². The molecule has 0 amide bonds. The Hall–Kier alpha value is -0.350. The molecule has 104 valence electrons. The second kappa shape index (κ2) is 7.08. The largest absolute Gasteiger partial charge is 0.296 e. The number of carbonyl (C=O) groups excluding carboxylic acids is 1. The zero-order valence-electron chi connectivity index (χ0n) is 10.2. The molecule has 0 fully saturated rings. The maximum atomic E-state index is 12.5. The highest BCUT2D eigenvalue weighted by atomic mass is 79.9. The maximum absolute atomic E-state index is 12.5. The summed E-state index contributed by atoms with van der Waals surface area (Å²) in [5, 5.41) is 1.29. The Balaban J connectivity index is 2.17. The predicted octanol–water partition coefficient (Wildman–Crippen LogP) is 6.13. The van der Waals surface area contributed by atoms with E-state index in [9.17, 15) is 4.79 Å². The molecule has 20 heavy (non-hydrogen) atoms. The fraction of sp³-hybridized carbons (Fsp3) is 0.133. The molecule has 0 saturated heterocycles. The second-order valence-electron chi connectivity index (χ2n) is 4.23. The molecule has 2 aromatic rings. The first-order valence-electron chi connectivity index (χ1n) is 5.82. The van der Waals surface area contributed by atoms with E-state index in [1.165, 1.54) is 0 Å². The first-order valence-corrected chi connectivity index (χ1v) is 8.40. The van der Waals surface area contributed by atoms with E-state index in [0.29, 0.717) is 10.0 Å². The van der Waals surface area contributed by atoms with Gasteiger partial charge in [0.05, 0.1) is 9.65 Å². The molecular formula is C15H10Br2Cl2O. The molecule has 2 unspecified atom stereocenters. The standard InChI is InChI=1S/C15H10Br2Cl2O/c16-13(9-1-5-11(18)6-2-9)15(20)14(17)10-3-7-12(19)8-4-10/h1-8,13-14H. The minimum Gasteiger partial charge on any atom is -0.296 e. The number of carbonyl (C=O) groups is 1. The lowest BCUT2D eigenvalue weighted by Gasteiger charge is -2.14. The van der Waals surface area contributed by atoms with Crippen molar-refractivity contribution in [1.82, 2.24) is 0 Å². The van der Waals surface area contributed by atoms with E-state index >= 15 is 0 Å². The van der Waals surface area contributed by atoms with Crippen molar-refractivity contribution < 1.29 is 4.79 Å². The Morgan fingerprint density at radius 1 is 0.750 bits per heavy atom. The number of benzene rings is 2. The number of alkyl halides is 2. The van der Waals surface area contributed by atoms with Gasteiger partial charge in [0, 0.05) is 10.0 Å². The highest BCUT2D eigenvalue weighted by Crippen LogP contribution is 2.35. The van der Waals surface area contributed by atoms with Gasteiger partial charge in [-0.25, -0.2) is 0 Å². The van der Waals surface area contributed by atoms with Gasteiger partial charge >= 0.3 is 0 Å². The summed E-state index contributed by atoms with van der Waals surface area (Å²) in [6, 6.07) is 14.4. The first-order chi connectivity index (χ1) is 9.49. The molecule has 0 aromatic heterocycles. The summed E-state index contributed by atoms with van der Waals surface area (Å²) < 4.78 is 0. The van der Waals surface area contributed by atoms with Gasteiger partial charge in [-0.1, -0.05) is 79.3 Å². The van der Waals surface area contributed by atoms with Crippen LogP contribution in [0.15, 0.2) is 48.5 Å². The van der Waals surface area contributed by atoms with Crippen molar-refractivity contribution in [2.45, 2.75) is 9.65 Å². The molecule has 2 atom stereocenters. The number of hydrogen-bond donors (Lipinski definition) is 0. The number of halogens is 4. The van der Waals surface area contributed by atoms with Crippen LogP contribution in [0.3, 0.4) is 0 Å². The van der Waals surface area contributed by atoms with Gasteiger partial charge in [-0.05, 0) is 35.4 Å². The molecule has 0 saturated carbocycles. The molecule has 0 aliphatic heterocycles. The molecule has 5 heteroatoms. The number of hydrogen-bond acceptors (Lipinski definition) is 1. The van der Waals surface area contributed by atoms with E-state index in [4.69, 9.17) is 23.2 Å². The van der Waals surface area contributed by atoms with Crippen LogP contribution in [0.4, 0.5) is 0 Å². The number of Topliss-reactive ketones (excluding diaryl/α,β-unsaturated/α-hetero) is 1. The molecule has 0 aliphatic rings. The highest BCUT2D eigenvalue weighted by Gasteiger charge is 2.25. The van der Waals surface area contributed by atoms with Gasteiger partial charge in [-0.15, -0.1) is 0 Å². The Kier molecular flexibility index (Phi) is 5.67. The van der Waals surface area contributed by atoms with Crippen LogP contribution in [-0.4, -0.2) is 5.78 Å². The van der Waals surface area contributed by atoms with Crippen molar-refractivity contribution in [3.8, 4) is 0 Å². The third-order valence-electron chi connectivity index (χ3n) is 2.82. The molecular weight excluding hydrogens is 427 g/mol. The Morgan fingerprint density at radius 3 is 1.35 bits per heavy atom. The van der Waals surface area contributed by atoms with Crippen LogP contribution >= 0.6 is 55.1 Å². The van der Waals surface area contributed by atoms with Gasteiger partial charge in [0.25, 0.3) is 0 Å². The fourth-order valence-electron chi connectivity index (χ4n) is 1.72. The van der Waals surface area contributed by atoms with Gasteiger partial charge in [-0.3, -0.25) is 4.79 Å². The molecule has 2 aromatic carbocycles. The average molecular weight is 437 g/mol. The molecule has 0 radical (unpaired) electrons. The van der Waals surface area contributed by atoms with Gasteiger partial charge in [0.1, 0.15) is 0 Å². The smallest absolute Gasteiger partial charge is 0.168 e. The Bertz CT molecular complexity index is 543. The second-order valence-corrected chi connectivity index (χ2v) is 6.93. The molecule has 0 N–H and O–H groups in total. The summed E-state index contributed by atoms with van der Waals surface area (Å²) >= 11 is 18.6. The average Bonchev–Trinajstić information content (AvgIpc) is 2.46. The van der Waals surface area contributed by atoms with Crippen LogP contribution < -0.4 is 0 Å². The first kappa shape index (κ1) is 16.0. The summed E-state index contributed by atoms with van der Waals surface area (Å²) in [6.07, 6.45) is 0. The summed E-state index contributed by atoms with van der Waals surface area (Å²) in [5.74, 6) is 0.0228. The summed E-state index contributed by atoms with van der Waals surface area (Å²) in [5.41, 5.74) is 1.75. The molecule has 0 bridgehead atoms. The van der Waals surface area contributed by atoms with Crippen molar-refractivity contribution in [2.24, 2.45) is 0 Å². The number of ketones is 1. The van der Waals surface area contributed by atoms with Crippen LogP contribution in [0.2, 0.25) is 10.0 Å². The zero-order chi connectivity index (χ0) is 14.7. The number of rotatable bonds is 4. The fourth-order valence-corrected chi connectivity index (χ4v) is 3.47. The summed E-state index contributed by atoms with van der Waals surface area (Å²) in [6.45, 7) is 0. The van der Waals surface area contributed by atoms with Gasteiger partial charge < -0.3 is 0 Å². The van der Waals surface area contributed by atoms with Gasteiger partial charge in [-0.2, -0.15) is 0 Å². The summed E-state index contributed by atoms with van der Waals surface area (Å²) in [4.78, 5) is 11.7. The molecule has 1 nitrogen and oxygen atoms in total. The van der Waals surface area contributed by atoms with Crippen LogP contribution in [0.5, 0.6) is 0 Å². The zero-order valence-corrected chi connectivity index (χ0v) is 14.9. The normalized spacial score (nSPS) is 13.8. The van der Waals surface area contributed by atoms with E-state index in [2.05, 4.69) is 31.9 Å². The van der Waals surface area contributed by atoms with Crippen LogP contribution in [0.1, 0.15) is 20.8 Å². The monoisotopic (exact) mass is 434 g/mol. The Labute approximate surface area is 144 Å². The van der Waals surface area contributed by atoms with Crippen LogP contribution in [-0.2, 0) is 4.79 Å².